The van der Waals surface area contributed by atoms with Gasteiger partial charge in [-0.1, -0.05) is 19.1 Å². The summed E-state index contributed by atoms with van der Waals surface area (Å²) in [5.41, 5.74) is 0.931. The van der Waals surface area contributed by atoms with Gasteiger partial charge in [0.1, 0.15) is 17.1 Å². The number of rotatable bonds is 3. The Labute approximate surface area is 162 Å². The van der Waals surface area contributed by atoms with E-state index < -0.39 is 11.9 Å². The number of aromatic hydroxyl groups is 2. The van der Waals surface area contributed by atoms with Crippen LogP contribution < -0.4 is 34.7 Å². The SMILES string of the molecule is CCc1cc(O)ccc1C(=O)[O-].COC(=O)c1ccccc1O.[Na+]. The summed E-state index contributed by atoms with van der Waals surface area (Å²) in [7, 11) is 1.27. The molecule has 6 nitrogen and oxygen atoms in total. The second-order valence-corrected chi connectivity index (χ2v) is 4.49. The standard InChI is InChI=1S/C9H10O3.C8H8O3.Na/c1-2-6-5-7(10)3-4-8(6)9(11)12;1-11-8(10)6-4-2-3-5-7(6)9;/h3-5,10H,2H2,1H3,(H,11,12);2-5,9H,1H3;/q;;+1/p-1. The topological polar surface area (TPSA) is 107 Å². The van der Waals surface area contributed by atoms with E-state index in [-0.39, 0.29) is 52.2 Å². The Balaban J connectivity index is 0.000000425. The van der Waals surface area contributed by atoms with Crippen LogP contribution in [0.15, 0.2) is 42.5 Å². The van der Waals surface area contributed by atoms with Gasteiger partial charge in [-0.3, -0.25) is 0 Å². The van der Waals surface area contributed by atoms with Crippen molar-refractivity contribution in [1.29, 1.82) is 0 Å². The normalized spacial score (nSPS) is 9.08. The van der Waals surface area contributed by atoms with Crippen LogP contribution in [0.25, 0.3) is 0 Å². The molecule has 0 bridgehead atoms. The molecule has 0 aliphatic heterocycles. The molecule has 0 saturated heterocycles. The van der Waals surface area contributed by atoms with E-state index in [0.717, 1.165) is 0 Å². The summed E-state index contributed by atoms with van der Waals surface area (Å²) in [4.78, 5) is 21.4. The van der Waals surface area contributed by atoms with E-state index >= 15 is 0 Å². The van der Waals surface area contributed by atoms with Crippen molar-refractivity contribution in [3.8, 4) is 11.5 Å². The molecule has 0 radical (unpaired) electrons. The molecule has 0 unspecified atom stereocenters. The van der Waals surface area contributed by atoms with Crippen molar-refractivity contribution < 1.29 is 59.2 Å². The third-order valence-corrected chi connectivity index (χ3v) is 3.00. The Bertz CT molecular complexity index is 699. The first-order chi connectivity index (χ1) is 10.9. The number of carbonyl (C=O) groups is 2. The zero-order valence-electron chi connectivity index (χ0n) is 13.8. The Morgan fingerprint density at radius 1 is 1.08 bits per heavy atom. The Kier molecular flexibility index (Phi) is 9.80. The summed E-state index contributed by atoms with van der Waals surface area (Å²) in [5.74, 6) is -1.70. The number of ether oxygens (including phenoxy) is 1. The predicted octanol–water partition coefficient (Wildman–Crippen LogP) is -1.50. The molecule has 2 aromatic rings. The second kappa shape index (κ2) is 10.7. The smallest absolute Gasteiger partial charge is 0.545 e. The quantitative estimate of drug-likeness (QED) is 0.520. The summed E-state index contributed by atoms with van der Waals surface area (Å²) in [6, 6.07) is 10.4. The molecule has 0 amide bonds. The number of phenolic OH excluding ortho intramolecular Hbond substituents is 2. The number of benzene rings is 2. The van der Waals surface area contributed by atoms with Gasteiger partial charge in [-0.15, -0.1) is 0 Å². The first kappa shape index (κ1) is 22.0. The van der Waals surface area contributed by atoms with Gasteiger partial charge in [0.2, 0.25) is 0 Å². The molecule has 122 valence electrons. The number of aromatic carboxylic acids is 1. The number of carbonyl (C=O) groups excluding carboxylic acids is 2. The molecule has 24 heavy (non-hydrogen) atoms. The van der Waals surface area contributed by atoms with Crippen molar-refractivity contribution >= 4 is 11.9 Å². The Morgan fingerprint density at radius 3 is 2.21 bits per heavy atom. The molecule has 2 N–H and O–H groups in total. The number of aryl methyl sites for hydroxylation is 1. The van der Waals surface area contributed by atoms with Crippen molar-refractivity contribution in [2.45, 2.75) is 13.3 Å². The maximum atomic E-state index is 10.9. The van der Waals surface area contributed by atoms with Gasteiger partial charge >= 0.3 is 35.5 Å². The fourth-order valence-electron chi connectivity index (χ4n) is 1.83. The summed E-state index contributed by atoms with van der Waals surface area (Å²) < 4.78 is 4.42. The minimum atomic E-state index is -1.20. The average Bonchev–Trinajstić information content (AvgIpc) is 2.54. The number of hydrogen-bond donors (Lipinski definition) is 2. The molecule has 0 aromatic heterocycles. The molecule has 0 heterocycles. The third kappa shape index (κ3) is 6.23. The molecule has 0 fully saturated rings. The molecule has 7 heteroatoms. The summed E-state index contributed by atoms with van der Waals surface area (Å²) >= 11 is 0. The predicted molar refractivity (Wildman–Crippen MR) is 81.3 cm³/mol. The Hall–Kier alpha value is -2.02. The Morgan fingerprint density at radius 2 is 1.71 bits per heavy atom. The molecule has 2 aromatic carbocycles. The minimum absolute atomic E-state index is 0. The second-order valence-electron chi connectivity index (χ2n) is 4.49. The van der Waals surface area contributed by atoms with Crippen LogP contribution >= 0.6 is 0 Å². The first-order valence-corrected chi connectivity index (χ1v) is 6.80. The number of phenols is 2. The summed E-state index contributed by atoms with van der Waals surface area (Å²) in [6.45, 7) is 1.82. The van der Waals surface area contributed by atoms with Crippen molar-refractivity contribution in [3.63, 3.8) is 0 Å². The number of esters is 1. The van der Waals surface area contributed by atoms with Crippen LogP contribution in [-0.4, -0.2) is 29.3 Å². The van der Waals surface area contributed by atoms with E-state index in [1.165, 1.54) is 37.4 Å². The molecular formula is C17H17NaO6. The van der Waals surface area contributed by atoms with Crippen LogP contribution in [0.4, 0.5) is 0 Å². The van der Waals surface area contributed by atoms with E-state index in [2.05, 4.69) is 4.74 Å². The van der Waals surface area contributed by atoms with E-state index in [4.69, 9.17) is 10.2 Å². The van der Waals surface area contributed by atoms with Gasteiger partial charge < -0.3 is 24.9 Å². The summed E-state index contributed by atoms with van der Waals surface area (Å²) in [5, 5.41) is 28.6. The van der Waals surface area contributed by atoms with Gasteiger partial charge in [-0.25, -0.2) is 4.79 Å². The van der Waals surface area contributed by atoms with Gasteiger partial charge in [0.05, 0.1) is 13.1 Å². The molecule has 0 spiro atoms. The van der Waals surface area contributed by atoms with E-state index in [1.54, 1.807) is 12.1 Å². The number of carboxylic acids is 1. The van der Waals surface area contributed by atoms with Crippen LogP contribution in [0, 0.1) is 0 Å². The van der Waals surface area contributed by atoms with Gasteiger partial charge in [-0.2, -0.15) is 0 Å². The van der Waals surface area contributed by atoms with Crippen LogP contribution in [0.3, 0.4) is 0 Å². The summed E-state index contributed by atoms with van der Waals surface area (Å²) in [6.07, 6.45) is 0.567. The van der Waals surface area contributed by atoms with E-state index in [1.807, 2.05) is 6.92 Å². The molecule has 0 saturated carbocycles. The van der Waals surface area contributed by atoms with E-state index in [9.17, 15) is 14.7 Å². The first-order valence-electron chi connectivity index (χ1n) is 6.80. The molecule has 0 aliphatic rings. The fraction of sp³-hybridized carbons (Fsp3) is 0.176. The number of carboxylic acid groups (broad SMARTS) is 1. The van der Waals surface area contributed by atoms with Gasteiger partial charge in [0.15, 0.2) is 0 Å². The minimum Gasteiger partial charge on any atom is -0.545 e. The zero-order valence-corrected chi connectivity index (χ0v) is 15.8. The monoisotopic (exact) mass is 340 g/mol. The average molecular weight is 340 g/mol. The fourth-order valence-corrected chi connectivity index (χ4v) is 1.83. The largest absolute Gasteiger partial charge is 1.00 e. The van der Waals surface area contributed by atoms with Crippen LogP contribution in [-0.2, 0) is 11.2 Å². The molecule has 2 rings (SSSR count). The van der Waals surface area contributed by atoms with Crippen molar-refractivity contribution in [1.82, 2.24) is 0 Å². The third-order valence-electron chi connectivity index (χ3n) is 3.00. The molecule has 0 aliphatic carbocycles. The van der Waals surface area contributed by atoms with Crippen LogP contribution in [0.5, 0.6) is 11.5 Å². The van der Waals surface area contributed by atoms with Crippen molar-refractivity contribution in [2.24, 2.45) is 0 Å². The van der Waals surface area contributed by atoms with Gasteiger partial charge in [-0.05, 0) is 42.3 Å². The van der Waals surface area contributed by atoms with Gasteiger partial charge in [0, 0.05) is 5.56 Å². The number of methoxy groups -OCH3 is 1. The van der Waals surface area contributed by atoms with Crippen molar-refractivity contribution in [2.75, 3.05) is 7.11 Å². The molecular weight excluding hydrogens is 323 g/mol. The number of para-hydroxylation sites is 1. The number of hydrogen-bond acceptors (Lipinski definition) is 6. The van der Waals surface area contributed by atoms with Gasteiger partial charge in [0.25, 0.3) is 0 Å². The van der Waals surface area contributed by atoms with Crippen LogP contribution in [0.2, 0.25) is 0 Å². The zero-order chi connectivity index (χ0) is 17.4. The maximum absolute atomic E-state index is 10.9. The van der Waals surface area contributed by atoms with Crippen LogP contribution in [0.1, 0.15) is 33.2 Å². The maximum Gasteiger partial charge on any atom is 1.00 e. The van der Waals surface area contributed by atoms with Crippen molar-refractivity contribution in [3.05, 3.63) is 59.2 Å². The molecule has 0 atom stereocenters. The van der Waals surface area contributed by atoms with E-state index in [0.29, 0.717) is 12.0 Å².